The first-order chi connectivity index (χ1) is 13.5. The number of nitrogens with one attached hydrogen (secondary N) is 3. The van der Waals surface area contributed by atoms with Gasteiger partial charge in [-0.25, -0.2) is 0 Å². The fourth-order valence-electron chi connectivity index (χ4n) is 4.94. The third-order valence-corrected chi connectivity index (χ3v) is 6.51. The summed E-state index contributed by atoms with van der Waals surface area (Å²) in [6.07, 6.45) is 3.75. The molecule has 0 aromatic heterocycles. The molecule has 1 aromatic carbocycles. The first-order valence-corrected chi connectivity index (χ1v) is 9.79. The second-order valence-electron chi connectivity index (χ2n) is 8.28. The second kappa shape index (κ2) is 6.22. The lowest BCUT2D eigenvalue weighted by Crippen LogP contribution is -2.54. The third-order valence-electron chi connectivity index (χ3n) is 6.51. The Morgan fingerprint density at radius 2 is 1.93 bits per heavy atom. The minimum absolute atomic E-state index is 0.121. The number of hydrogen-bond acceptors (Lipinski definition) is 6. The monoisotopic (exact) mass is 382 g/mol. The summed E-state index contributed by atoms with van der Waals surface area (Å²) < 4.78 is 0. The van der Waals surface area contributed by atoms with Gasteiger partial charge in [-0.15, -0.1) is 0 Å². The van der Waals surface area contributed by atoms with Crippen molar-refractivity contribution < 1.29 is 19.2 Å². The van der Waals surface area contributed by atoms with Crippen molar-refractivity contribution in [2.45, 2.75) is 56.3 Å². The number of amides is 4. The molecule has 8 nitrogen and oxygen atoms in total. The molecule has 1 aromatic rings. The minimum Gasteiger partial charge on any atom is -0.312 e. The van der Waals surface area contributed by atoms with Crippen LogP contribution in [0.1, 0.15) is 58.4 Å². The van der Waals surface area contributed by atoms with Gasteiger partial charge in [0, 0.05) is 31.1 Å². The largest absolute Gasteiger partial charge is 0.312 e. The van der Waals surface area contributed by atoms with Crippen LogP contribution < -0.4 is 16.0 Å². The van der Waals surface area contributed by atoms with Gasteiger partial charge in [0.05, 0.1) is 11.1 Å². The van der Waals surface area contributed by atoms with Crippen LogP contribution in [0.25, 0.3) is 0 Å². The maximum atomic E-state index is 12.9. The van der Waals surface area contributed by atoms with Gasteiger partial charge in [0.15, 0.2) is 0 Å². The molecule has 5 rings (SSSR count). The molecule has 2 saturated heterocycles. The fraction of sp³-hybridized carbons (Fsp3) is 0.500. The van der Waals surface area contributed by atoms with E-state index in [1.165, 1.54) is 6.42 Å². The Morgan fingerprint density at radius 3 is 2.61 bits per heavy atom. The number of fused-ring (bicyclic) bond motifs is 3. The molecular weight excluding hydrogens is 360 g/mol. The van der Waals surface area contributed by atoms with Gasteiger partial charge in [-0.1, -0.05) is 6.07 Å². The Kier molecular flexibility index (Phi) is 3.89. The number of benzene rings is 1. The first kappa shape index (κ1) is 17.5. The van der Waals surface area contributed by atoms with Crippen molar-refractivity contribution in [3.05, 3.63) is 34.9 Å². The van der Waals surface area contributed by atoms with Crippen LogP contribution in [0.3, 0.4) is 0 Å². The second-order valence-corrected chi connectivity index (χ2v) is 8.28. The van der Waals surface area contributed by atoms with E-state index in [4.69, 9.17) is 0 Å². The lowest BCUT2D eigenvalue weighted by atomic mass is 9.98. The molecule has 8 heteroatoms. The summed E-state index contributed by atoms with van der Waals surface area (Å²) in [5.41, 5.74) is 1.72. The number of rotatable bonds is 4. The van der Waals surface area contributed by atoms with Crippen LogP contribution in [0.4, 0.5) is 0 Å². The molecule has 3 unspecified atom stereocenters. The Labute approximate surface area is 162 Å². The van der Waals surface area contributed by atoms with Crippen LogP contribution in [0.5, 0.6) is 0 Å². The predicted molar refractivity (Wildman–Crippen MR) is 98.3 cm³/mol. The molecule has 28 heavy (non-hydrogen) atoms. The molecule has 1 aliphatic carbocycles. The maximum Gasteiger partial charge on any atom is 0.262 e. The highest BCUT2D eigenvalue weighted by atomic mass is 16.2. The summed E-state index contributed by atoms with van der Waals surface area (Å²) in [6.45, 7) is 1.59. The van der Waals surface area contributed by atoms with Crippen molar-refractivity contribution >= 4 is 23.6 Å². The fourth-order valence-corrected chi connectivity index (χ4v) is 4.94. The topological polar surface area (TPSA) is 108 Å². The van der Waals surface area contributed by atoms with Crippen molar-refractivity contribution in [3.8, 4) is 0 Å². The number of hydrogen-bond donors (Lipinski definition) is 3. The number of carbonyl (C=O) groups excluding carboxylic acids is 4. The maximum absolute atomic E-state index is 12.9. The van der Waals surface area contributed by atoms with Gasteiger partial charge in [-0.05, 0) is 43.4 Å². The number of carbonyl (C=O) groups is 4. The quantitative estimate of drug-likeness (QED) is 0.637. The summed E-state index contributed by atoms with van der Waals surface area (Å²) >= 11 is 0. The normalized spacial score (nSPS) is 31.5. The third kappa shape index (κ3) is 2.67. The summed E-state index contributed by atoms with van der Waals surface area (Å²) in [5.74, 6) is -1.89. The van der Waals surface area contributed by atoms with Gasteiger partial charge in [0.1, 0.15) is 6.04 Å². The van der Waals surface area contributed by atoms with E-state index in [0.717, 1.165) is 29.8 Å². The van der Waals surface area contributed by atoms with E-state index >= 15 is 0 Å². The van der Waals surface area contributed by atoms with Crippen LogP contribution in [-0.4, -0.2) is 52.7 Å². The highest BCUT2D eigenvalue weighted by Gasteiger charge is 2.46. The Hall–Kier alpha value is -2.58. The molecular formula is C20H22N4O4. The molecule has 0 spiro atoms. The highest BCUT2D eigenvalue weighted by molar-refractivity contribution is 6.23. The number of nitrogens with zero attached hydrogens (tertiary/aromatic N) is 1. The van der Waals surface area contributed by atoms with E-state index in [2.05, 4.69) is 16.0 Å². The van der Waals surface area contributed by atoms with Crippen LogP contribution in [0.2, 0.25) is 0 Å². The summed E-state index contributed by atoms with van der Waals surface area (Å²) in [4.78, 5) is 50.1. The first-order valence-electron chi connectivity index (χ1n) is 9.79. The molecule has 0 radical (unpaired) electrons. The van der Waals surface area contributed by atoms with E-state index in [1.54, 1.807) is 12.1 Å². The molecule has 3 fully saturated rings. The van der Waals surface area contributed by atoms with Crippen LogP contribution in [0.15, 0.2) is 18.2 Å². The predicted octanol–water partition coefficient (Wildman–Crippen LogP) is 0.0719. The van der Waals surface area contributed by atoms with Crippen LogP contribution >= 0.6 is 0 Å². The van der Waals surface area contributed by atoms with E-state index < -0.39 is 23.8 Å². The minimum atomic E-state index is -0.925. The van der Waals surface area contributed by atoms with Gasteiger partial charge in [0.2, 0.25) is 11.8 Å². The molecule has 3 N–H and O–H groups in total. The Bertz CT molecular complexity index is 903. The van der Waals surface area contributed by atoms with Crippen LogP contribution in [0, 0.1) is 0 Å². The average Bonchev–Trinajstić information content (AvgIpc) is 3.35. The number of piperidine rings is 2. The Morgan fingerprint density at radius 1 is 1.11 bits per heavy atom. The summed E-state index contributed by atoms with van der Waals surface area (Å²) in [5, 5.41) is 9.35. The van der Waals surface area contributed by atoms with Gasteiger partial charge >= 0.3 is 0 Å². The van der Waals surface area contributed by atoms with Crippen molar-refractivity contribution in [3.63, 3.8) is 0 Å². The molecule has 2 bridgehead atoms. The van der Waals surface area contributed by atoms with E-state index in [1.807, 2.05) is 6.07 Å². The Balaban J connectivity index is 1.34. The average molecular weight is 382 g/mol. The van der Waals surface area contributed by atoms with Gasteiger partial charge in [-0.2, -0.15) is 0 Å². The molecule has 1 saturated carbocycles. The molecule has 146 valence electrons. The summed E-state index contributed by atoms with van der Waals surface area (Å²) in [7, 11) is 0. The zero-order valence-corrected chi connectivity index (χ0v) is 15.4. The standard InChI is InChI=1S/C20H22N4O4/c25-16-4-3-15(17(26)23-16)24-18(27)13-2-1-11(7-14(13)19(24)28)9-22-20-6-5-12(8-20)21-10-20/h1-2,7,12,15,21-22H,3-6,8-10H2,(H,23,25,26). The van der Waals surface area contributed by atoms with Crippen molar-refractivity contribution in [1.82, 2.24) is 20.9 Å². The molecule has 4 aliphatic rings. The molecule has 3 aliphatic heterocycles. The summed E-state index contributed by atoms with van der Waals surface area (Å²) in [6, 6.07) is 4.95. The zero-order chi connectivity index (χ0) is 19.5. The van der Waals surface area contributed by atoms with E-state index in [0.29, 0.717) is 23.7 Å². The SMILES string of the molecule is O=C1CCC(N2C(=O)c3ccc(CNC45CCC(C4)NC5)cc3C2=O)C(=O)N1. The van der Waals surface area contributed by atoms with Crippen molar-refractivity contribution in [2.75, 3.05) is 6.54 Å². The molecule has 3 heterocycles. The van der Waals surface area contributed by atoms with Crippen molar-refractivity contribution in [2.24, 2.45) is 0 Å². The van der Waals surface area contributed by atoms with E-state index in [-0.39, 0.29) is 24.3 Å². The van der Waals surface area contributed by atoms with Gasteiger partial charge < -0.3 is 10.6 Å². The van der Waals surface area contributed by atoms with Crippen molar-refractivity contribution in [1.29, 1.82) is 0 Å². The lowest BCUT2D eigenvalue weighted by Gasteiger charge is -2.28. The molecule has 4 amide bonds. The lowest BCUT2D eigenvalue weighted by molar-refractivity contribution is -0.136. The van der Waals surface area contributed by atoms with Gasteiger partial charge in [0.25, 0.3) is 11.8 Å². The van der Waals surface area contributed by atoms with Gasteiger partial charge in [-0.3, -0.25) is 29.4 Å². The highest BCUT2D eigenvalue weighted by Crippen LogP contribution is 2.35. The number of imide groups is 2. The molecule has 3 atom stereocenters. The van der Waals surface area contributed by atoms with Crippen LogP contribution in [-0.2, 0) is 16.1 Å². The smallest absolute Gasteiger partial charge is 0.262 e. The zero-order valence-electron chi connectivity index (χ0n) is 15.4. The van der Waals surface area contributed by atoms with E-state index in [9.17, 15) is 19.2 Å².